The van der Waals surface area contributed by atoms with Gasteiger partial charge in [0.1, 0.15) is 0 Å². The van der Waals surface area contributed by atoms with Gasteiger partial charge in [-0.25, -0.2) is 4.79 Å². The molecule has 0 bridgehead atoms. The monoisotopic (exact) mass is 310 g/mol. The van der Waals surface area contributed by atoms with Gasteiger partial charge in [-0.3, -0.25) is 0 Å². The molecule has 0 unspecified atom stereocenters. The number of rotatable bonds is 4. The number of nitrogens with one attached hydrogen (secondary N) is 2. The minimum absolute atomic E-state index is 0.0953. The Balaban J connectivity index is 1.72. The van der Waals surface area contributed by atoms with E-state index in [4.69, 9.17) is 5.26 Å². The molecule has 1 aromatic carbocycles. The Labute approximate surface area is 136 Å². The number of benzene rings is 1. The Morgan fingerprint density at radius 1 is 1.30 bits per heavy atom. The van der Waals surface area contributed by atoms with Crippen LogP contribution in [0.2, 0.25) is 0 Å². The summed E-state index contributed by atoms with van der Waals surface area (Å²) in [6.07, 6.45) is 7.91. The van der Waals surface area contributed by atoms with Crippen LogP contribution < -0.4 is 5.32 Å². The van der Waals surface area contributed by atoms with Gasteiger partial charge in [0.05, 0.1) is 12.5 Å². The molecule has 0 saturated heterocycles. The van der Waals surface area contributed by atoms with Gasteiger partial charge in [0.2, 0.25) is 0 Å². The second-order valence-corrected chi connectivity index (χ2v) is 6.10. The molecule has 2 aromatic rings. The number of urea groups is 1. The fraction of sp³-hybridized carbons (Fsp3) is 0.444. The molecular formula is C18H22N4O. The van der Waals surface area contributed by atoms with Crippen molar-refractivity contribution in [2.75, 3.05) is 11.9 Å². The maximum absolute atomic E-state index is 12.7. The fourth-order valence-corrected chi connectivity index (χ4v) is 3.34. The highest BCUT2D eigenvalue weighted by molar-refractivity contribution is 5.93. The number of nitrogens with zero attached hydrogens (tertiary/aromatic N) is 2. The molecule has 1 saturated carbocycles. The summed E-state index contributed by atoms with van der Waals surface area (Å²) in [5.41, 5.74) is 1.84. The second-order valence-electron chi connectivity index (χ2n) is 6.10. The van der Waals surface area contributed by atoms with Crippen LogP contribution in [-0.2, 0) is 0 Å². The maximum Gasteiger partial charge on any atom is 0.322 e. The molecule has 1 fully saturated rings. The lowest BCUT2D eigenvalue weighted by Crippen LogP contribution is -2.44. The van der Waals surface area contributed by atoms with Crippen molar-refractivity contribution in [2.24, 2.45) is 0 Å². The van der Waals surface area contributed by atoms with Crippen LogP contribution in [0.15, 0.2) is 30.5 Å². The van der Waals surface area contributed by atoms with E-state index in [9.17, 15) is 4.79 Å². The molecule has 1 aromatic heterocycles. The zero-order valence-corrected chi connectivity index (χ0v) is 13.2. The van der Waals surface area contributed by atoms with Crippen LogP contribution in [0, 0.1) is 11.3 Å². The van der Waals surface area contributed by atoms with Gasteiger partial charge >= 0.3 is 6.03 Å². The molecule has 23 heavy (non-hydrogen) atoms. The summed E-state index contributed by atoms with van der Waals surface area (Å²) in [6.45, 7) is 0.499. The Hall–Kier alpha value is -2.48. The summed E-state index contributed by atoms with van der Waals surface area (Å²) in [4.78, 5) is 17.7. The summed E-state index contributed by atoms with van der Waals surface area (Å²) in [7, 11) is 0. The number of carbonyl (C=O) groups is 1. The lowest BCUT2D eigenvalue weighted by molar-refractivity contribution is 0.169. The van der Waals surface area contributed by atoms with E-state index in [0.717, 1.165) is 42.3 Å². The quantitative estimate of drug-likeness (QED) is 0.886. The Morgan fingerprint density at radius 3 is 2.91 bits per heavy atom. The van der Waals surface area contributed by atoms with Crippen molar-refractivity contribution in [2.45, 2.75) is 44.6 Å². The molecule has 3 rings (SSSR count). The first-order valence-electron chi connectivity index (χ1n) is 8.29. The molecule has 5 heteroatoms. The number of aromatic amines is 1. The van der Waals surface area contributed by atoms with Crippen LogP contribution in [0.3, 0.4) is 0 Å². The SMILES string of the molecule is N#CCCN(C(=O)Nc1ccc2[nH]ccc2c1)C1CCCCC1. The summed E-state index contributed by atoms with van der Waals surface area (Å²) < 4.78 is 0. The predicted molar refractivity (Wildman–Crippen MR) is 91.1 cm³/mol. The normalized spacial score (nSPS) is 15.3. The van der Waals surface area contributed by atoms with E-state index in [-0.39, 0.29) is 12.1 Å². The number of amides is 2. The van der Waals surface area contributed by atoms with Crippen LogP contribution in [-0.4, -0.2) is 28.5 Å². The first-order valence-corrected chi connectivity index (χ1v) is 8.29. The summed E-state index contributed by atoms with van der Waals surface area (Å²) in [5.74, 6) is 0. The van der Waals surface area contributed by atoms with E-state index in [2.05, 4.69) is 16.4 Å². The summed E-state index contributed by atoms with van der Waals surface area (Å²) >= 11 is 0. The number of H-pyrrole nitrogens is 1. The van der Waals surface area contributed by atoms with Crippen LogP contribution in [0.4, 0.5) is 10.5 Å². The number of carbonyl (C=O) groups excluding carboxylic acids is 1. The highest BCUT2D eigenvalue weighted by atomic mass is 16.2. The van der Waals surface area contributed by atoms with Gasteiger partial charge in [0.25, 0.3) is 0 Å². The average Bonchev–Trinajstić information content (AvgIpc) is 3.04. The Kier molecular flexibility index (Phi) is 4.82. The van der Waals surface area contributed by atoms with E-state index < -0.39 is 0 Å². The molecule has 0 radical (unpaired) electrons. The Morgan fingerprint density at radius 2 is 2.13 bits per heavy atom. The third kappa shape index (κ3) is 3.65. The number of fused-ring (bicyclic) bond motifs is 1. The van der Waals surface area contributed by atoms with E-state index in [0.29, 0.717) is 13.0 Å². The van der Waals surface area contributed by atoms with Crippen molar-refractivity contribution >= 4 is 22.6 Å². The Bertz CT molecular complexity index is 709. The van der Waals surface area contributed by atoms with Crippen molar-refractivity contribution < 1.29 is 4.79 Å². The lowest BCUT2D eigenvalue weighted by Gasteiger charge is -2.34. The highest BCUT2D eigenvalue weighted by Crippen LogP contribution is 2.24. The minimum Gasteiger partial charge on any atom is -0.361 e. The molecule has 0 spiro atoms. The standard InChI is InChI=1S/C18H22N4O/c19-10-4-12-22(16-5-2-1-3-6-16)18(23)21-15-7-8-17-14(13-15)9-11-20-17/h7-9,11,13,16,20H,1-6,12H2,(H,21,23). The van der Waals surface area contributed by atoms with Crippen molar-refractivity contribution in [3.63, 3.8) is 0 Å². The second kappa shape index (κ2) is 7.19. The molecule has 5 nitrogen and oxygen atoms in total. The molecule has 1 aliphatic rings. The van der Waals surface area contributed by atoms with Crippen LogP contribution in [0.5, 0.6) is 0 Å². The minimum atomic E-state index is -0.0953. The van der Waals surface area contributed by atoms with Gasteiger partial charge < -0.3 is 15.2 Å². The van der Waals surface area contributed by atoms with E-state index in [1.165, 1.54) is 6.42 Å². The molecule has 1 heterocycles. The van der Waals surface area contributed by atoms with Crippen LogP contribution in [0.1, 0.15) is 38.5 Å². The largest absolute Gasteiger partial charge is 0.361 e. The molecular weight excluding hydrogens is 288 g/mol. The van der Waals surface area contributed by atoms with Gasteiger partial charge in [-0.15, -0.1) is 0 Å². The summed E-state index contributed by atoms with van der Waals surface area (Å²) in [5, 5.41) is 12.9. The van der Waals surface area contributed by atoms with Crippen LogP contribution >= 0.6 is 0 Å². The number of anilines is 1. The van der Waals surface area contributed by atoms with Crippen molar-refractivity contribution in [3.05, 3.63) is 30.5 Å². The van der Waals surface area contributed by atoms with Crippen molar-refractivity contribution in [1.82, 2.24) is 9.88 Å². The van der Waals surface area contributed by atoms with Gasteiger partial charge in [-0.1, -0.05) is 19.3 Å². The zero-order chi connectivity index (χ0) is 16.1. The molecule has 2 N–H and O–H groups in total. The molecule has 0 aliphatic heterocycles. The third-order valence-corrected chi connectivity index (χ3v) is 4.55. The van der Waals surface area contributed by atoms with Crippen LogP contribution in [0.25, 0.3) is 10.9 Å². The molecule has 1 aliphatic carbocycles. The molecule has 0 atom stereocenters. The van der Waals surface area contributed by atoms with Gasteiger partial charge in [0.15, 0.2) is 0 Å². The smallest absolute Gasteiger partial charge is 0.322 e. The number of aromatic nitrogens is 1. The van der Waals surface area contributed by atoms with E-state index in [1.54, 1.807) is 0 Å². The number of nitriles is 1. The topological polar surface area (TPSA) is 71.9 Å². The zero-order valence-electron chi connectivity index (χ0n) is 13.2. The van der Waals surface area contributed by atoms with Gasteiger partial charge in [0, 0.05) is 35.4 Å². The number of hydrogen-bond acceptors (Lipinski definition) is 2. The van der Waals surface area contributed by atoms with Gasteiger partial charge in [-0.05, 0) is 37.1 Å². The first-order chi connectivity index (χ1) is 11.3. The maximum atomic E-state index is 12.7. The average molecular weight is 310 g/mol. The first kappa shape index (κ1) is 15.4. The third-order valence-electron chi connectivity index (χ3n) is 4.55. The highest BCUT2D eigenvalue weighted by Gasteiger charge is 2.25. The van der Waals surface area contributed by atoms with E-state index >= 15 is 0 Å². The fourth-order valence-electron chi connectivity index (χ4n) is 3.34. The van der Waals surface area contributed by atoms with E-state index in [1.807, 2.05) is 35.4 Å². The van der Waals surface area contributed by atoms with Gasteiger partial charge in [-0.2, -0.15) is 5.26 Å². The molecule has 2 amide bonds. The summed E-state index contributed by atoms with van der Waals surface area (Å²) in [6, 6.07) is 10.1. The molecule has 120 valence electrons. The predicted octanol–water partition coefficient (Wildman–Crippen LogP) is 4.25. The van der Waals surface area contributed by atoms with Crippen molar-refractivity contribution in [1.29, 1.82) is 5.26 Å². The lowest BCUT2D eigenvalue weighted by atomic mass is 9.94. The van der Waals surface area contributed by atoms with Crippen molar-refractivity contribution in [3.8, 4) is 6.07 Å². The number of hydrogen-bond donors (Lipinski definition) is 2.